The number of hydrogen-bond donors (Lipinski definition) is 0. The number of pyridine rings is 1. The Morgan fingerprint density at radius 1 is 0.952 bits per heavy atom. The van der Waals surface area contributed by atoms with Crippen LogP contribution in [0.4, 0.5) is 5.69 Å². The van der Waals surface area contributed by atoms with Gasteiger partial charge in [-0.05, 0) is 23.8 Å². The first-order valence-electron chi connectivity index (χ1n) is 6.51. The number of aromatic nitrogens is 1. The third-order valence-corrected chi connectivity index (χ3v) is 3.16. The molecule has 0 bridgehead atoms. The van der Waals surface area contributed by atoms with Crippen molar-refractivity contribution in [2.45, 2.75) is 0 Å². The van der Waals surface area contributed by atoms with Gasteiger partial charge in [0, 0.05) is 6.07 Å². The van der Waals surface area contributed by atoms with E-state index in [4.69, 9.17) is 0 Å². The predicted octanol–water partition coefficient (Wildman–Crippen LogP) is 4.31. The fourth-order valence-electron chi connectivity index (χ4n) is 2.16. The van der Waals surface area contributed by atoms with Gasteiger partial charge in [0.1, 0.15) is 0 Å². The van der Waals surface area contributed by atoms with Gasteiger partial charge in [0.25, 0.3) is 5.69 Å². The summed E-state index contributed by atoms with van der Waals surface area (Å²) in [6.07, 6.45) is 3.68. The summed E-state index contributed by atoms with van der Waals surface area (Å²) in [5, 5.41) is 11.8. The Morgan fingerprint density at radius 3 is 2.43 bits per heavy atom. The van der Waals surface area contributed by atoms with Crippen LogP contribution in [0.25, 0.3) is 23.1 Å². The highest BCUT2D eigenvalue weighted by molar-refractivity contribution is 5.89. The van der Waals surface area contributed by atoms with E-state index in [1.165, 1.54) is 6.07 Å². The van der Waals surface area contributed by atoms with Crippen molar-refractivity contribution in [2.75, 3.05) is 0 Å². The van der Waals surface area contributed by atoms with Crippen LogP contribution in [0.3, 0.4) is 0 Å². The fraction of sp³-hybridized carbons (Fsp3) is 0. The molecule has 3 rings (SSSR count). The Kier molecular flexibility index (Phi) is 3.43. The first-order valence-corrected chi connectivity index (χ1v) is 6.51. The van der Waals surface area contributed by atoms with E-state index >= 15 is 0 Å². The van der Waals surface area contributed by atoms with Gasteiger partial charge in [0.15, 0.2) is 0 Å². The second kappa shape index (κ2) is 5.54. The monoisotopic (exact) mass is 276 g/mol. The molecule has 0 N–H and O–H groups in total. The molecule has 3 aromatic rings. The van der Waals surface area contributed by atoms with E-state index in [1.807, 2.05) is 42.5 Å². The van der Waals surface area contributed by atoms with Gasteiger partial charge in [-0.15, -0.1) is 0 Å². The van der Waals surface area contributed by atoms with Crippen LogP contribution in [0.5, 0.6) is 0 Å². The molecule has 0 spiro atoms. The minimum Gasteiger partial charge on any atom is -0.258 e. The summed E-state index contributed by atoms with van der Waals surface area (Å²) in [5.41, 5.74) is 2.30. The Bertz CT molecular complexity index is 827. The highest BCUT2D eigenvalue weighted by Gasteiger charge is 2.13. The van der Waals surface area contributed by atoms with Gasteiger partial charge in [0.2, 0.25) is 0 Å². The summed E-state index contributed by atoms with van der Waals surface area (Å²) in [7, 11) is 0. The number of hydrogen-bond acceptors (Lipinski definition) is 3. The lowest BCUT2D eigenvalue weighted by molar-refractivity contribution is -0.383. The number of nitro groups is 1. The van der Waals surface area contributed by atoms with Gasteiger partial charge in [-0.25, -0.2) is 4.98 Å². The molecule has 2 aromatic carbocycles. The van der Waals surface area contributed by atoms with Crippen LogP contribution < -0.4 is 0 Å². The van der Waals surface area contributed by atoms with Crippen molar-refractivity contribution in [3.63, 3.8) is 0 Å². The lowest BCUT2D eigenvalue weighted by Crippen LogP contribution is -1.93. The molecule has 0 fully saturated rings. The van der Waals surface area contributed by atoms with Crippen molar-refractivity contribution >= 4 is 28.7 Å². The molecular formula is C17H12N2O2. The van der Waals surface area contributed by atoms with Crippen molar-refractivity contribution in [2.24, 2.45) is 0 Å². The minimum absolute atomic E-state index is 0.0771. The molecule has 1 aromatic heterocycles. The second-order valence-electron chi connectivity index (χ2n) is 4.58. The van der Waals surface area contributed by atoms with Crippen molar-refractivity contribution in [1.29, 1.82) is 0 Å². The van der Waals surface area contributed by atoms with Gasteiger partial charge >= 0.3 is 0 Å². The van der Waals surface area contributed by atoms with E-state index in [9.17, 15) is 10.1 Å². The molecule has 0 radical (unpaired) electrons. The lowest BCUT2D eigenvalue weighted by atomic mass is 10.1. The van der Waals surface area contributed by atoms with Crippen molar-refractivity contribution in [3.8, 4) is 0 Å². The molecule has 0 aliphatic heterocycles. The molecule has 0 atom stereocenters. The first kappa shape index (κ1) is 13.0. The molecule has 102 valence electrons. The number of rotatable bonds is 3. The Hall–Kier alpha value is -3.01. The molecule has 21 heavy (non-hydrogen) atoms. The van der Waals surface area contributed by atoms with Crippen molar-refractivity contribution < 1.29 is 4.92 Å². The topological polar surface area (TPSA) is 56.0 Å². The quantitative estimate of drug-likeness (QED) is 0.529. The van der Waals surface area contributed by atoms with E-state index in [0.29, 0.717) is 16.6 Å². The van der Waals surface area contributed by atoms with E-state index in [0.717, 1.165) is 5.56 Å². The molecule has 4 nitrogen and oxygen atoms in total. The van der Waals surface area contributed by atoms with Crippen LogP contribution >= 0.6 is 0 Å². The van der Waals surface area contributed by atoms with Crippen LogP contribution in [0, 0.1) is 10.1 Å². The number of para-hydroxylation sites is 1. The summed E-state index contributed by atoms with van der Waals surface area (Å²) in [6, 6.07) is 18.3. The molecule has 0 unspecified atom stereocenters. The summed E-state index contributed by atoms with van der Waals surface area (Å²) < 4.78 is 0. The summed E-state index contributed by atoms with van der Waals surface area (Å²) >= 11 is 0. The molecular weight excluding hydrogens is 264 g/mol. The molecule has 0 aliphatic rings. The van der Waals surface area contributed by atoms with E-state index in [2.05, 4.69) is 4.98 Å². The summed E-state index contributed by atoms with van der Waals surface area (Å²) in [6.45, 7) is 0. The van der Waals surface area contributed by atoms with E-state index in [1.54, 1.807) is 24.3 Å². The van der Waals surface area contributed by atoms with E-state index < -0.39 is 0 Å². The molecule has 0 aliphatic carbocycles. The Labute approximate surface area is 121 Å². The van der Waals surface area contributed by atoms with Crippen LogP contribution in [-0.2, 0) is 0 Å². The normalized spacial score (nSPS) is 11.0. The number of nitrogens with zero attached hydrogens (tertiary/aromatic N) is 2. The summed E-state index contributed by atoms with van der Waals surface area (Å²) in [5.74, 6) is 0. The summed E-state index contributed by atoms with van der Waals surface area (Å²) in [4.78, 5) is 15.3. The highest BCUT2D eigenvalue weighted by Crippen LogP contribution is 2.25. The van der Waals surface area contributed by atoms with Gasteiger partial charge in [-0.2, -0.15) is 0 Å². The third kappa shape index (κ3) is 2.79. The smallest absolute Gasteiger partial charge is 0.258 e. The molecule has 4 heteroatoms. The van der Waals surface area contributed by atoms with Gasteiger partial charge in [-0.1, -0.05) is 48.5 Å². The maximum atomic E-state index is 11.2. The van der Waals surface area contributed by atoms with Crippen LogP contribution in [-0.4, -0.2) is 9.91 Å². The average molecular weight is 276 g/mol. The van der Waals surface area contributed by atoms with Crippen molar-refractivity contribution in [1.82, 2.24) is 4.98 Å². The molecule has 0 amide bonds. The zero-order valence-electron chi connectivity index (χ0n) is 11.1. The fourth-order valence-corrected chi connectivity index (χ4v) is 2.16. The minimum atomic E-state index is -0.371. The predicted molar refractivity (Wildman–Crippen MR) is 83.8 cm³/mol. The van der Waals surface area contributed by atoms with Crippen molar-refractivity contribution in [3.05, 3.63) is 82.0 Å². The zero-order valence-corrected chi connectivity index (χ0v) is 11.1. The van der Waals surface area contributed by atoms with Gasteiger partial charge in [-0.3, -0.25) is 10.1 Å². The zero-order chi connectivity index (χ0) is 14.7. The number of fused-ring (bicyclic) bond motifs is 1. The maximum Gasteiger partial charge on any atom is 0.280 e. The van der Waals surface area contributed by atoms with Gasteiger partial charge in [0.05, 0.1) is 21.5 Å². The number of benzene rings is 2. The Balaban J connectivity index is 2.07. The van der Waals surface area contributed by atoms with Crippen LogP contribution in [0.15, 0.2) is 60.7 Å². The van der Waals surface area contributed by atoms with E-state index in [-0.39, 0.29) is 10.6 Å². The SMILES string of the molecule is O=[N+]([O-])c1cc(/C=C/c2ccccc2)nc2ccccc12. The van der Waals surface area contributed by atoms with Gasteiger partial charge < -0.3 is 0 Å². The average Bonchev–Trinajstić information content (AvgIpc) is 2.53. The maximum absolute atomic E-state index is 11.2. The molecule has 1 heterocycles. The first-order chi connectivity index (χ1) is 10.2. The molecule has 0 saturated heterocycles. The Morgan fingerprint density at radius 2 is 1.67 bits per heavy atom. The largest absolute Gasteiger partial charge is 0.280 e. The lowest BCUT2D eigenvalue weighted by Gasteiger charge is -2.01. The van der Waals surface area contributed by atoms with Crippen LogP contribution in [0.1, 0.15) is 11.3 Å². The van der Waals surface area contributed by atoms with Crippen LogP contribution in [0.2, 0.25) is 0 Å². The third-order valence-electron chi connectivity index (χ3n) is 3.16. The standard InChI is InChI=1S/C17H12N2O2/c20-19(21)17-12-14(11-10-13-6-2-1-3-7-13)18-16-9-5-4-8-15(16)17/h1-12H/b11-10+. The highest BCUT2D eigenvalue weighted by atomic mass is 16.6. The molecule has 0 saturated carbocycles. The second-order valence-corrected chi connectivity index (χ2v) is 4.58.